The molecule has 0 saturated heterocycles. The Morgan fingerprint density at radius 2 is 2.19 bits per heavy atom. The molecule has 0 amide bonds. The van der Waals surface area contributed by atoms with Crippen LogP contribution in [0.5, 0.6) is 0 Å². The van der Waals surface area contributed by atoms with Crippen molar-refractivity contribution in [1.29, 1.82) is 0 Å². The fraction of sp³-hybridized carbons (Fsp3) is 0.375. The van der Waals surface area contributed by atoms with Crippen LogP contribution in [0.2, 0.25) is 0 Å². The highest BCUT2D eigenvalue weighted by Gasteiger charge is 2.18. The summed E-state index contributed by atoms with van der Waals surface area (Å²) < 4.78 is 25.1. The van der Waals surface area contributed by atoms with Gasteiger partial charge in [-0.3, -0.25) is 4.79 Å². The van der Waals surface area contributed by atoms with E-state index in [0.29, 0.717) is 0 Å². The smallest absolute Gasteiger partial charge is 0.246 e. The Morgan fingerprint density at radius 1 is 1.50 bits per heavy atom. The third-order valence-electron chi connectivity index (χ3n) is 1.80. The standard InChI is InChI=1S/C8H12N2O5S/c11-5-6(12)3-10-16(14,15)8-4-9-2-1-7(8)13/h1-2,4,6,10-12H,3,5H2,(H,9,13). The first-order chi connectivity index (χ1) is 7.47. The molecule has 0 saturated carbocycles. The number of hydrogen-bond acceptors (Lipinski definition) is 5. The van der Waals surface area contributed by atoms with Gasteiger partial charge < -0.3 is 15.2 Å². The molecule has 7 nitrogen and oxygen atoms in total. The summed E-state index contributed by atoms with van der Waals surface area (Å²) in [5.74, 6) is 0. The average molecular weight is 248 g/mol. The first-order valence-electron chi connectivity index (χ1n) is 4.43. The molecule has 8 heteroatoms. The second kappa shape index (κ2) is 5.21. The summed E-state index contributed by atoms with van der Waals surface area (Å²) in [6, 6.07) is 1.08. The fourth-order valence-corrected chi connectivity index (χ4v) is 2.08. The number of pyridine rings is 1. The van der Waals surface area contributed by atoms with Gasteiger partial charge in [0, 0.05) is 25.0 Å². The molecular formula is C8H12N2O5S. The maximum Gasteiger partial charge on any atom is 0.246 e. The van der Waals surface area contributed by atoms with Crippen molar-refractivity contribution in [1.82, 2.24) is 9.71 Å². The molecule has 0 fully saturated rings. The van der Waals surface area contributed by atoms with Crippen LogP contribution in [0.15, 0.2) is 28.2 Å². The minimum absolute atomic E-state index is 0.354. The molecule has 1 aromatic rings. The average Bonchev–Trinajstić information content (AvgIpc) is 2.26. The van der Waals surface area contributed by atoms with Crippen molar-refractivity contribution in [2.75, 3.05) is 13.2 Å². The lowest BCUT2D eigenvalue weighted by Crippen LogP contribution is -2.35. The van der Waals surface area contributed by atoms with Gasteiger partial charge in [0.15, 0.2) is 0 Å². The molecule has 0 aromatic carbocycles. The molecule has 90 valence electrons. The first kappa shape index (κ1) is 12.8. The zero-order valence-electron chi connectivity index (χ0n) is 8.25. The summed E-state index contributed by atoms with van der Waals surface area (Å²) in [6.45, 7) is -0.916. The molecule has 0 bridgehead atoms. The van der Waals surface area contributed by atoms with Crippen molar-refractivity contribution >= 4 is 10.0 Å². The van der Waals surface area contributed by atoms with E-state index in [2.05, 4.69) is 4.98 Å². The Balaban J connectivity index is 2.87. The Morgan fingerprint density at radius 3 is 2.75 bits per heavy atom. The molecule has 1 aromatic heterocycles. The van der Waals surface area contributed by atoms with Crippen LogP contribution in [-0.4, -0.2) is 42.9 Å². The van der Waals surface area contributed by atoms with Crippen LogP contribution >= 0.6 is 0 Å². The van der Waals surface area contributed by atoms with E-state index in [-0.39, 0.29) is 6.54 Å². The third kappa shape index (κ3) is 3.14. The van der Waals surface area contributed by atoms with Crippen molar-refractivity contribution in [2.24, 2.45) is 0 Å². The topological polar surface area (TPSA) is 119 Å². The Hall–Kier alpha value is -1.22. The lowest BCUT2D eigenvalue weighted by atomic mass is 10.4. The van der Waals surface area contributed by atoms with Gasteiger partial charge in [0.1, 0.15) is 4.90 Å². The Kier molecular flexibility index (Phi) is 4.19. The number of aromatic nitrogens is 1. The normalized spacial score (nSPS) is 13.6. The van der Waals surface area contributed by atoms with Crippen molar-refractivity contribution < 1.29 is 18.6 Å². The van der Waals surface area contributed by atoms with E-state index in [1.807, 2.05) is 4.72 Å². The van der Waals surface area contributed by atoms with Gasteiger partial charge in [0.25, 0.3) is 0 Å². The van der Waals surface area contributed by atoms with Gasteiger partial charge in [-0.1, -0.05) is 0 Å². The second-order valence-electron chi connectivity index (χ2n) is 3.06. The van der Waals surface area contributed by atoms with Crippen LogP contribution in [0.25, 0.3) is 0 Å². The van der Waals surface area contributed by atoms with Crippen molar-refractivity contribution in [3.8, 4) is 0 Å². The van der Waals surface area contributed by atoms with Crippen LogP contribution in [0.3, 0.4) is 0 Å². The minimum Gasteiger partial charge on any atom is -0.394 e. The minimum atomic E-state index is -3.96. The highest BCUT2D eigenvalue weighted by Crippen LogP contribution is 1.99. The molecule has 1 heterocycles. The lowest BCUT2D eigenvalue weighted by molar-refractivity contribution is 0.0988. The van der Waals surface area contributed by atoms with Gasteiger partial charge in [-0.25, -0.2) is 13.1 Å². The van der Waals surface area contributed by atoms with Gasteiger partial charge in [0.2, 0.25) is 15.5 Å². The van der Waals surface area contributed by atoms with Crippen LogP contribution < -0.4 is 10.2 Å². The van der Waals surface area contributed by atoms with Gasteiger partial charge in [-0.15, -0.1) is 0 Å². The molecule has 0 spiro atoms. The molecule has 1 unspecified atom stereocenters. The summed E-state index contributed by atoms with van der Waals surface area (Å²) in [7, 11) is -3.96. The Bertz CT molecular complexity index is 495. The zero-order chi connectivity index (χ0) is 12.2. The molecule has 0 aliphatic carbocycles. The fourth-order valence-electron chi connectivity index (χ4n) is 0.959. The zero-order valence-corrected chi connectivity index (χ0v) is 9.07. The molecule has 16 heavy (non-hydrogen) atoms. The summed E-state index contributed by atoms with van der Waals surface area (Å²) in [5, 5.41) is 17.5. The van der Waals surface area contributed by atoms with E-state index < -0.39 is 33.1 Å². The number of nitrogens with one attached hydrogen (secondary N) is 2. The van der Waals surface area contributed by atoms with Crippen LogP contribution in [0, 0.1) is 0 Å². The molecule has 1 rings (SSSR count). The quantitative estimate of drug-likeness (QED) is 0.481. The predicted molar refractivity (Wildman–Crippen MR) is 55.3 cm³/mol. The van der Waals surface area contributed by atoms with E-state index >= 15 is 0 Å². The van der Waals surface area contributed by atoms with Crippen molar-refractivity contribution in [3.05, 3.63) is 28.7 Å². The molecule has 0 aliphatic rings. The van der Waals surface area contributed by atoms with E-state index in [4.69, 9.17) is 10.2 Å². The molecule has 0 radical (unpaired) electrons. The number of hydrogen-bond donors (Lipinski definition) is 4. The van der Waals surface area contributed by atoms with Gasteiger partial charge >= 0.3 is 0 Å². The second-order valence-corrected chi connectivity index (χ2v) is 4.80. The summed E-state index contributed by atoms with van der Waals surface area (Å²) in [5.41, 5.74) is -0.648. The maximum atomic E-state index is 11.5. The lowest BCUT2D eigenvalue weighted by Gasteiger charge is -2.08. The summed E-state index contributed by atoms with van der Waals surface area (Å²) >= 11 is 0. The number of aromatic amines is 1. The number of sulfonamides is 1. The van der Waals surface area contributed by atoms with E-state index in [0.717, 1.165) is 12.3 Å². The van der Waals surface area contributed by atoms with Crippen LogP contribution in [0.1, 0.15) is 0 Å². The number of aliphatic hydroxyl groups is 2. The number of rotatable bonds is 5. The summed E-state index contributed by atoms with van der Waals surface area (Å²) in [6.07, 6.45) is 1.16. The third-order valence-corrected chi connectivity index (χ3v) is 3.24. The van der Waals surface area contributed by atoms with Crippen LogP contribution in [0.4, 0.5) is 0 Å². The number of H-pyrrole nitrogens is 1. The van der Waals surface area contributed by atoms with Crippen LogP contribution in [-0.2, 0) is 10.0 Å². The summed E-state index contributed by atoms with van der Waals surface area (Å²) in [4.78, 5) is 13.3. The molecular weight excluding hydrogens is 236 g/mol. The van der Waals surface area contributed by atoms with Gasteiger partial charge in [0.05, 0.1) is 12.7 Å². The first-order valence-corrected chi connectivity index (χ1v) is 5.91. The van der Waals surface area contributed by atoms with Gasteiger partial charge in [-0.2, -0.15) is 0 Å². The van der Waals surface area contributed by atoms with E-state index in [1.54, 1.807) is 0 Å². The number of aliphatic hydroxyl groups excluding tert-OH is 2. The Labute approximate surface area is 91.8 Å². The SMILES string of the molecule is O=c1cc[nH]cc1S(=O)(=O)NCC(O)CO. The molecule has 4 N–H and O–H groups in total. The maximum absolute atomic E-state index is 11.5. The highest BCUT2D eigenvalue weighted by atomic mass is 32.2. The van der Waals surface area contributed by atoms with Crippen molar-refractivity contribution in [3.63, 3.8) is 0 Å². The monoisotopic (exact) mass is 248 g/mol. The largest absolute Gasteiger partial charge is 0.394 e. The highest BCUT2D eigenvalue weighted by molar-refractivity contribution is 7.89. The van der Waals surface area contributed by atoms with E-state index in [1.165, 1.54) is 6.20 Å². The van der Waals surface area contributed by atoms with E-state index in [9.17, 15) is 13.2 Å². The van der Waals surface area contributed by atoms with Crippen molar-refractivity contribution in [2.45, 2.75) is 11.0 Å². The van der Waals surface area contributed by atoms with Gasteiger partial charge in [-0.05, 0) is 0 Å². The predicted octanol–water partition coefficient (Wildman–Crippen LogP) is -1.99. The molecule has 1 atom stereocenters. The molecule has 0 aliphatic heterocycles.